The number of hydrogen-bond donors (Lipinski definition) is 6. The van der Waals surface area contributed by atoms with Gasteiger partial charge < -0.3 is 30.6 Å². The number of rotatable bonds is 14. The molecule has 0 fully saturated rings. The molecule has 0 aromatic carbocycles. The van der Waals surface area contributed by atoms with E-state index in [2.05, 4.69) is 6.92 Å². The van der Waals surface area contributed by atoms with Gasteiger partial charge in [-0.2, -0.15) is 0 Å². The number of aliphatic carboxylic acids is 3. The zero-order valence-corrected chi connectivity index (χ0v) is 18.9. The van der Waals surface area contributed by atoms with Crippen LogP contribution in [0.2, 0.25) is 0 Å². The van der Waals surface area contributed by atoms with Crippen molar-refractivity contribution >= 4 is 17.9 Å². The van der Waals surface area contributed by atoms with Crippen LogP contribution in [-0.4, -0.2) is 67.9 Å². The number of hydrogen-bond acceptors (Lipinski definition) is 6. The standard InChI is InChI=1S/C12H24O2.C3H8O3.2C3H6O2/c1-2-3-4-5-6-7-8-9-10-11-12(13)14;4-1-3(6)2-5;2*1-2-3(4)5/h2-11H2,1H3,(H,13,14);3-6H,1-2H2;2*2H2,1H3,(H,4,5). The quantitative estimate of drug-likeness (QED) is 0.222. The van der Waals surface area contributed by atoms with E-state index >= 15 is 0 Å². The SMILES string of the molecule is CCC(=O)O.CCC(=O)O.CCCCCCCCCCCC(=O)O.OCC(O)CO. The van der Waals surface area contributed by atoms with E-state index < -0.39 is 24.0 Å². The fourth-order valence-electron chi connectivity index (χ4n) is 1.64. The van der Waals surface area contributed by atoms with Gasteiger partial charge in [0.2, 0.25) is 0 Å². The number of carboxylic acid groups (broad SMARTS) is 3. The van der Waals surface area contributed by atoms with Gasteiger partial charge in [-0.3, -0.25) is 14.4 Å². The van der Waals surface area contributed by atoms with E-state index in [1.54, 1.807) is 13.8 Å². The van der Waals surface area contributed by atoms with Crippen molar-refractivity contribution in [1.82, 2.24) is 0 Å². The summed E-state index contributed by atoms with van der Waals surface area (Å²) in [6.07, 6.45) is 11.0. The summed E-state index contributed by atoms with van der Waals surface area (Å²) >= 11 is 0. The van der Waals surface area contributed by atoms with Crippen molar-refractivity contribution in [2.75, 3.05) is 13.2 Å². The molecule has 9 heteroatoms. The van der Waals surface area contributed by atoms with Gasteiger partial charge in [0.25, 0.3) is 0 Å². The molecule has 30 heavy (non-hydrogen) atoms. The number of carboxylic acids is 3. The summed E-state index contributed by atoms with van der Waals surface area (Å²) in [6, 6.07) is 0. The highest BCUT2D eigenvalue weighted by molar-refractivity contribution is 5.66. The molecule has 0 aliphatic carbocycles. The van der Waals surface area contributed by atoms with Gasteiger partial charge >= 0.3 is 17.9 Å². The topological polar surface area (TPSA) is 173 Å². The zero-order valence-electron chi connectivity index (χ0n) is 18.9. The van der Waals surface area contributed by atoms with Crippen molar-refractivity contribution in [3.8, 4) is 0 Å². The third-order valence-corrected chi connectivity index (χ3v) is 3.52. The van der Waals surface area contributed by atoms with Gasteiger partial charge in [-0.15, -0.1) is 0 Å². The first-order valence-electron chi connectivity index (χ1n) is 10.7. The van der Waals surface area contributed by atoms with Crippen LogP contribution in [0.3, 0.4) is 0 Å². The first kappa shape index (κ1) is 35.7. The predicted octanol–water partition coefficient (Wildman–Crippen LogP) is 3.29. The molecule has 6 N–H and O–H groups in total. The third-order valence-electron chi connectivity index (χ3n) is 3.52. The monoisotopic (exact) mass is 440 g/mol. The molecule has 0 saturated carbocycles. The molecule has 0 saturated heterocycles. The second-order valence-corrected chi connectivity index (χ2v) is 6.49. The molecule has 0 rings (SSSR count). The molecule has 0 heterocycles. The highest BCUT2D eigenvalue weighted by Crippen LogP contribution is 2.10. The van der Waals surface area contributed by atoms with Gasteiger partial charge in [-0.25, -0.2) is 0 Å². The molecule has 0 aromatic heterocycles. The Morgan fingerprint density at radius 1 is 0.600 bits per heavy atom. The Hall–Kier alpha value is -1.71. The Balaban J connectivity index is -0.000000174. The normalized spacial score (nSPS) is 9.30. The number of carbonyl (C=O) groups is 3. The maximum Gasteiger partial charge on any atom is 0.303 e. The van der Waals surface area contributed by atoms with E-state index in [0.29, 0.717) is 6.42 Å². The zero-order chi connectivity index (χ0) is 24.2. The Morgan fingerprint density at radius 3 is 1.10 bits per heavy atom. The lowest BCUT2D eigenvalue weighted by atomic mass is 10.1. The molecule has 0 aliphatic rings. The van der Waals surface area contributed by atoms with Crippen LogP contribution in [0.5, 0.6) is 0 Å². The minimum atomic E-state index is -0.954. The first-order valence-corrected chi connectivity index (χ1v) is 10.7. The van der Waals surface area contributed by atoms with Gasteiger partial charge in [0.1, 0.15) is 6.10 Å². The van der Waals surface area contributed by atoms with Gasteiger partial charge in [0.05, 0.1) is 13.2 Å². The summed E-state index contributed by atoms with van der Waals surface area (Å²) in [5.74, 6) is -2.15. The van der Waals surface area contributed by atoms with E-state index in [1.165, 1.54) is 44.9 Å². The maximum atomic E-state index is 10.2. The summed E-state index contributed by atoms with van der Waals surface area (Å²) in [6.45, 7) is 4.70. The number of aliphatic hydroxyl groups is 3. The molecular weight excluding hydrogens is 396 g/mol. The molecular formula is C21H44O9. The van der Waals surface area contributed by atoms with Gasteiger partial charge in [0.15, 0.2) is 0 Å². The van der Waals surface area contributed by atoms with E-state index in [9.17, 15) is 14.4 Å². The van der Waals surface area contributed by atoms with Gasteiger partial charge in [0, 0.05) is 19.3 Å². The Morgan fingerprint density at radius 2 is 0.900 bits per heavy atom. The third kappa shape index (κ3) is 56.2. The average Bonchev–Trinajstić information content (AvgIpc) is 2.72. The van der Waals surface area contributed by atoms with Crippen LogP contribution in [0.25, 0.3) is 0 Å². The second-order valence-electron chi connectivity index (χ2n) is 6.49. The average molecular weight is 441 g/mol. The summed E-state index contributed by atoms with van der Waals surface area (Å²) in [5, 5.41) is 47.9. The minimum Gasteiger partial charge on any atom is -0.481 e. The summed E-state index contributed by atoms with van der Waals surface area (Å²) in [5.41, 5.74) is 0. The lowest BCUT2D eigenvalue weighted by Gasteiger charge is -2.00. The van der Waals surface area contributed by atoms with Gasteiger partial charge in [-0.05, 0) is 6.42 Å². The number of unbranched alkanes of at least 4 members (excludes halogenated alkanes) is 8. The first-order chi connectivity index (χ1) is 14.1. The Kier molecular flexibility index (Phi) is 38.1. The van der Waals surface area contributed by atoms with Crippen LogP contribution >= 0.6 is 0 Å². The van der Waals surface area contributed by atoms with Crippen molar-refractivity contribution in [2.24, 2.45) is 0 Å². The van der Waals surface area contributed by atoms with Crippen molar-refractivity contribution in [1.29, 1.82) is 0 Å². The Bertz CT molecular complexity index is 355. The summed E-state index contributed by atoms with van der Waals surface area (Å²) in [7, 11) is 0. The molecule has 182 valence electrons. The minimum absolute atomic E-state index is 0.222. The van der Waals surface area contributed by atoms with E-state index in [-0.39, 0.29) is 26.1 Å². The molecule has 0 atom stereocenters. The fourth-order valence-corrected chi connectivity index (χ4v) is 1.64. The van der Waals surface area contributed by atoms with Crippen LogP contribution in [0.4, 0.5) is 0 Å². The number of aliphatic hydroxyl groups excluding tert-OH is 3. The molecule has 0 bridgehead atoms. The van der Waals surface area contributed by atoms with Crippen molar-refractivity contribution in [3.05, 3.63) is 0 Å². The largest absolute Gasteiger partial charge is 0.481 e. The molecule has 0 amide bonds. The lowest BCUT2D eigenvalue weighted by molar-refractivity contribution is -0.138. The van der Waals surface area contributed by atoms with Crippen LogP contribution < -0.4 is 0 Å². The van der Waals surface area contributed by atoms with Crippen LogP contribution in [-0.2, 0) is 14.4 Å². The maximum absolute atomic E-state index is 10.2. The Labute approximate surface area is 180 Å². The lowest BCUT2D eigenvalue weighted by Crippen LogP contribution is -2.15. The van der Waals surface area contributed by atoms with Crippen LogP contribution in [0.15, 0.2) is 0 Å². The summed E-state index contributed by atoms with van der Waals surface area (Å²) in [4.78, 5) is 28.9. The second kappa shape index (κ2) is 32.0. The molecule has 9 nitrogen and oxygen atoms in total. The molecule has 0 unspecified atom stereocenters. The van der Waals surface area contributed by atoms with Gasteiger partial charge in [-0.1, -0.05) is 72.1 Å². The van der Waals surface area contributed by atoms with Crippen molar-refractivity contribution in [3.63, 3.8) is 0 Å². The van der Waals surface area contributed by atoms with Crippen molar-refractivity contribution in [2.45, 2.75) is 104 Å². The van der Waals surface area contributed by atoms with E-state index in [0.717, 1.165) is 12.8 Å². The van der Waals surface area contributed by atoms with E-state index in [4.69, 9.17) is 30.6 Å². The highest BCUT2D eigenvalue weighted by atomic mass is 16.4. The smallest absolute Gasteiger partial charge is 0.303 e. The van der Waals surface area contributed by atoms with Crippen molar-refractivity contribution < 1.29 is 45.0 Å². The fraction of sp³-hybridized carbons (Fsp3) is 0.857. The molecule has 0 aliphatic heterocycles. The van der Waals surface area contributed by atoms with Crippen LogP contribution in [0.1, 0.15) is 97.8 Å². The molecule has 0 spiro atoms. The van der Waals surface area contributed by atoms with Crippen LogP contribution in [0, 0.1) is 0 Å². The summed E-state index contributed by atoms with van der Waals surface area (Å²) < 4.78 is 0. The van der Waals surface area contributed by atoms with E-state index in [1.807, 2.05) is 0 Å². The highest BCUT2D eigenvalue weighted by Gasteiger charge is 1.96. The molecule has 0 radical (unpaired) electrons. The predicted molar refractivity (Wildman–Crippen MR) is 116 cm³/mol. The molecule has 0 aromatic rings.